The van der Waals surface area contributed by atoms with Gasteiger partial charge in [0.2, 0.25) is 0 Å². The fourth-order valence-corrected chi connectivity index (χ4v) is 5.08. The normalized spacial score (nSPS) is 11.4. The first kappa shape index (κ1) is 20.7. The molecule has 0 atom stereocenters. The molecule has 5 aromatic rings. The lowest BCUT2D eigenvalue weighted by atomic mass is 10.1. The predicted molar refractivity (Wildman–Crippen MR) is 131 cm³/mol. The molecule has 0 N–H and O–H groups in total. The number of thiophene rings is 1. The molecule has 0 aliphatic carbocycles. The summed E-state index contributed by atoms with van der Waals surface area (Å²) in [5.74, 6) is 0.447. The quantitative estimate of drug-likeness (QED) is 0.301. The van der Waals surface area contributed by atoms with E-state index in [0.29, 0.717) is 33.1 Å². The van der Waals surface area contributed by atoms with Crippen LogP contribution in [0.3, 0.4) is 0 Å². The van der Waals surface area contributed by atoms with E-state index >= 15 is 0 Å². The van der Waals surface area contributed by atoms with Crippen LogP contribution in [0, 0.1) is 27.7 Å². The summed E-state index contributed by atoms with van der Waals surface area (Å²) < 4.78 is 7.69. The minimum Gasteiger partial charge on any atom is -0.424 e. The second-order valence-electron chi connectivity index (χ2n) is 7.79. The van der Waals surface area contributed by atoms with Crippen LogP contribution in [0.2, 0.25) is 5.02 Å². The largest absolute Gasteiger partial charge is 0.424 e. The third kappa shape index (κ3) is 3.27. The van der Waals surface area contributed by atoms with Crippen molar-refractivity contribution in [2.24, 2.45) is 0 Å². The molecule has 2 aromatic carbocycles. The third-order valence-electron chi connectivity index (χ3n) is 5.59. The Hall–Kier alpha value is -3.22. The molecule has 0 saturated carbocycles. The number of pyridine rings is 1. The van der Waals surface area contributed by atoms with Gasteiger partial charge in [0.15, 0.2) is 0 Å². The lowest BCUT2D eigenvalue weighted by molar-refractivity contribution is 0.427. The summed E-state index contributed by atoms with van der Waals surface area (Å²) in [6.45, 7) is 7.89. The number of nitrogens with zero attached hydrogens (tertiary/aromatic N) is 3. The minimum absolute atomic E-state index is 0.163. The zero-order valence-corrected chi connectivity index (χ0v) is 19.6. The molecule has 0 unspecified atom stereocenters. The van der Waals surface area contributed by atoms with Gasteiger partial charge in [0, 0.05) is 10.3 Å². The van der Waals surface area contributed by atoms with Gasteiger partial charge in [0.1, 0.15) is 10.6 Å². The number of ether oxygens (including phenoxy) is 1. The van der Waals surface area contributed by atoms with Gasteiger partial charge in [-0.1, -0.05) is 35.9 Å². The van der Waals surface area contributed by atoms with Gasteiger partial charge in [-0.3, -0.25) is 4.79 Å². The van der Waals surface area contributed by atoms with Crippen LogP contribution in [0.4, 0.5) is 0 Å². The average molecular weight is 462 g/mol. The minimum atomic E-state index is -0.227. The van der Waals surface area contributed by atoms with E-state index in [4.69, 9.17) is 26.3 Å². The van der Waals surface area contributed by atoms with E-state index in [9.17, 15) is 4.79 Å². The molecule has 0 bridgehead atoms. The van der Waals surface area contributed by atoms with Crippen molar-refractivity contribution in [2.45, 2.75) is 27.7 Å². The number of aromatic nitrogens is 3. The molecule has 0 aliphatic heterocycles. The van der Waals surface area contributed by atoms with Crippen molar-refractivity contribution in [3.05, 3.63) is 85.6 Å². The summed E-state index contributed by atoms with van der Waals surface area (Å²) in [6, 6.07) is 15.0. The van der Waals surface area contributed by atoms with Gasteiger partial charge in [0.05, 0.1) is 27.3 Å². The van der Waals surface area contributed by atoms with E-state index in [-0.39, 0.29) is 11.6 Å². The highest BCUT2D eigenvalue weighted by Gasteiger charge is 2.22. The molecule has 0 fully saturated rings. The Labute approximate surface area is 193 Å². The van der Waals surface area contributed by atoms with Crippen molar-refractivity contribution < 1.29 is 4.74 Å². The Morgan fingerprint density at radius 3 is 2.47 bits per heavy atom. The molecule has 5 rings (SSSR count). The topological polar surface area (TPSA) is 57.0 Å². The molecule has 0 saturated heterocycles. The van der Waals surface area contributed by atoms with Crippen LogP contribution < -0.4 is 10.3 Å². The molecule has 160 valence electrons. The maximum Gasteiger partial charge on any atom is 0.310 e. The molecule has 0 amide bonds. The van der Waals surface area contributed by atoms with Crippen molar-refractivity contribution in [1.29, 1.82) is 0 Å². The molecule has 0 aliphatic rings. The van der Waals surface area contributed by atoms with Crippen molar-refractivity contribution in [3.63, 3.8) is 0 Å². The molecule has 32 heavy (non-hydrogen) atoms. The Bertz CT molecular complexity index is 1570. The number of hydrogen-bond donors (Lipinski definition) is 0. The SMILES string of the molecule is Cc1ccc(Cl)c(Oc2nc3c(c(C)nc4sc(C)c(C)c43)c(=O)n2-c2ccccc2)c1. The molecule has 7 heteroatoms. The number of halogens is 1. The summed E-state index contributed by atoms with van der Waals surface area (Å²) in [4.78, 5) is 25.5. The maximum atomic E-state index is 13.8. The van der Waals surface area contributed by atoms with Crippen LogP contribution in [0.15, 0.2) is 53.3 Å². The summed E-state index contributed by atoms with van der Waals surface area (Å²) >= 11 is 8.01. The van der Waals surface area contributed by atoms with Crippen LogP contribution in [0.1, 0.15) is 21.7 Å². The average Bonchev–Trinajstić information content (AvgIpc) is 3.04. The first-order valence-corrected chi connectivity index (χ1v) is 11.4. The fourth-order valence-electron chi connectivity index (χ4n) is 3.84. The molecule has 3 heterocycles. The molecular weight excluding hydrogens is 442 g/mol. The highest BCUT2D eigenvalue weighted by molar-refractivity contribution is 7.18. The fraction of sp³-hybridized carbons (Fsp3) is 0.160. The Morgan fingerprint density at radius 2 is 1.72 bits per heavy atom. The van der Waals surface area contributed by atoms with Crippen molar-refractivity contribution in [2.75, 3.05) is 0 Å². The Balaban J connectivity index is 1.91. The second-order valence-corrected chi connectivity index (χ2v) is 9.40. The van der Waals surface area contributed by atoms with Crippen molar-refractivity contribution in [3.8, 4) is 17.4 Å². The summed E-state index contributed by atoms with van der Waals surface area (Å²) in [5, 5.41) is 1.83. The maximum absolute atomic E-state index is 13.8. The van der Waals surface area contributed by atoms with Gasteiger partial charge in [-0.15, -0.1) is 11.3 Å². The summed E-state index contributed by atoms with van der Waals surface area (Å²) in [5.41, 5.74) is 3.75. The monoisotopic (exact) mass is 461 g/mol. The van der Waals surface area contributed by atoms with Crippen molar-refractivity contribution in [1.82, 2.24) is 14.5 Å². The van der Waals surface area contributed by atoms with Crippen LogP contribution in [-0.4, -0.2) is 14.5 Å². The standard InChI is InChI=1S/C25H20ClN3O2S/c1-13-10-11-18(26)19(12-13)31-25-28-22-20-14(2)16(4)32-23(20)27-15(3)21(22)24(30)29(25)17-8-6-5-7-9-17/h5-12H,1-4H3. The number of benzene rings is 2. The van der Waals surface area contributed by atoms with Gasteiger partial charge in [-0.2, -0.15) is 4.98 Å². The van der Waals surface area contributed by atoms with E-state index in [1.54, 1.807) is 17.4 Å². The van der Waals surface area contributed by atoms with Gasteiger partial charge in [0.25, 0.3) is 5.56 Å². The van der Waals surface area contributed by atoms with E-state index in [1.807, 2.05) is 63.2 Å². The number of aryl methyl sites for hydroxylation is 4. The number of rotatable bonds is 3. The lowest BCUT2D eigenvalue weighted by Crippen LogP contribution is -2.22. The first-order valence-electron chi connectivity index (χ1n) is 10.2. The van der Waals surface area contributed by atoms with E-state index in [2.05, 4.69) is 6.92 Å². The molecule has 3 aromatic heterocycles. The second kappa shape index (κ2) is 7.73. The smallest absolute Gasteiger partial charge is 0.310 e. The highest BCUT2D eigenvalue weighted by Crippen LogP contribution is 2.36. The Morgan fingerprint density at radius 1 is 0.969 bits per heavy atom. The third-order valence-corrected chi connectivity index (χ3v) is 7.00. The van der Waals surface area contributed by atoms with E-state index in [0.717, 1.165) is 26.2 Å². The van der Waals surface area contributed by atoms with Gasteiger partial charge >= 0.3 is 6.01 Å². The molecule has 5 nitrogen and oxygen atoms in total. The lowest BCUT2D eigenvalue weighted by Gasteiger charge is -2.16. The summed E-state index contributed by atoms with van der Waals surface area (Å²) in [7, 11) is 0. The van der Waals surface area contributed by atoms with Crippen LogP contribution in [0.5, 0.6) is 11.8 Å². The number of para-hydroxylation sites is 1. The van der Waals surface area contributed by atoms with Gasteiger partial charge in [-0.25, -0.2) is 9.55 Å². The molecule has 0 spiro atoms. The van der Waals surface area contributed by atoms with Crippen LogP contribution in [0.25, 0.3) is 26.8 Å². The molecule has 0 radical (unpaired) electrons. The van der Waals surface area contributed by atoms with Crippen molar-refractivity contribution >= 4 is 44.1 Å². The van der Waals surface area contributed by atoms with E-state index in [1.165, 1.54) is 4.57 Å². The van der Waals surface area contributed by atoms with Gasteiger partial charge < -0.3 is 4.74 Å². The molecular formula is C25H20ClN3O2S. The number of hydrogen-bond acceptors (Lipinski definition) is 5. The first-order chi connectivity index (χ1) is 15.3. The number of fused-ring (bicyclic) bond motifs is 3. The summed E-state index contributed by atoms with van der Waals surface area (Å²) in [6.07, 6.45) is 0. The Kier molecular flexibility index (Phi) is 4.99. The van der Waals surface area contributed by atoms with Crippen LogP contribution >= 0.6 is 22.9 Å². The van der Waals surface area contributed by atoms with Crippen LogP contribution in [-0.2, 0) is 0 Å². The zero-order chi connectivity index (χ0) is 22.6. The van der Waals surface area contributed by atoms with Gasteiger partial charge in [-0.05, 0) is 63.1 Å². The highest BCUT2D eigenvalue weighted by atomic mass is 35.5. The van der Waals surface area contributed by atoms with E-state index < -0.39 is 0 Å². The predicted octanol–water partition coefficient (Wildman–Crippen LogP) is 6.67. The zero-order valence-electron chi connectivity index (χ0n) is 18.1.